The van der Waals surface area contributed by atoms with Crippen molar-refractivity contribution in [3.63, 3.8) is 0 Å². The number of nitrogens with two attached hydrogens (primary N) is 1. The van der Waals surface area contributed by atoms with E-state index in [9.17, 15) is 13.2 Å². The second-order valence-corrected chi connectivity index (χ2v) is 9.81. The quantitative estimate of drug-likeness (QED) is 0.331. The zero-order valence-corrected chi connectivity index (χ0v) is 18.9. The molecule has 4 rings (SSSR count). The highest BCUT2D eigenvalue weighted by Gasteiger charge is 2.16. The van der Waals surface area contributed by atoms with Crippen LogP contribution in [0.1, 0.15) is 31.4 Å². The van der Waals surface area contributed by atoms with E-state index >= 15 is 0 Å². The third-order valence-electron chi connectivity index (χ3n) is 5.12. The molecule has 0 bridgehead atoms. The van der Waals surface area contributed by atoms with Gasteiger partial charge in [-0.05, 0) is 48.2 Å². The van der Waals surface area contributed by atoms with E-state index in [1.165, 1.54) is 30.0 Å². The molecule has 0 saturated carbocycles. The molecule has 2 aromatic carbocycles. The van der Waals surface area contributed by atoms with Gasteiger partial charge in [0.15, 0.2) is 5.16 Å². The molecule has 2 heterocycles. The Morgan fingerprint density at radius 3 is 2.65 bits per heavy atom. The fraction of sp³-hybridized carbons (Fsp3) is 0.273. The molecule has 2 N–H and O–H groups in total. The first kappa shape index (κ1) is 21.6. The molecule has 0 amide bonds. The number of benzene rings is 2. The first-order valence-electron chi connectivity index (χ1n) is 10.0. The molecule has 162 valence electrons. The largest absolute Gasteiger partial charge is 0.423 e. The third-order valence-corrected chi connectivity index (χ3v) is 7.06. The second-order valence-electron chi connectivity index (χ2n) is 7.30. The summed E-state index contributed by atoms with van der Waals surface area (Å²) in [5.41, 5.74) is 3.61. The van der Waals surface area contributed by atoms with Gasteiger partial charge in [0, 0.05) is 23.8 Å². The van der Waals surface area contributed by atoms with Crippen LogP contribution in [0, 0.1) is 0 Å². The van der Waals surface area contributed by atoms with Crippen molar-refractivity contribution in [3.05, 3.63) is 64.0 Å². The van der Waals surface area contributed by atoms with Crippen molar-refractivity contribution < 1.29 is 12.8 Å². The smallest absolute Gasteiger partial charge is 0.336 e. The van der Waals surface area contributed by atoms with E-state index in [2.05, 4.69) is 23.4 Å². The second kappa shape index (κ2) is 8.49. The molecular weight excluding hydrogens is 434 g/mol. The van der Waals surface area contributed by atoms with Crippen molar-refractivity contribution in [2.75, 3.05) is 0 Å². The maximum atomic E-state index is 12.1. The van der Waals surface area contributed by atoms with E-state index in [0.717, 1.165) is 46.6 Å². The summed E-state index contributed by atoms with van der Waals surface area (Å²) in [6.07, 6.45) is 1.76. The Labute approximate surface area is 184 Å². The van der Waals surface area contributed by atoms with Crippen molar-refractivity contribution in [2.45, 2.75) is 49.0 Å². The topological polar surface area (TPSA) is 108 Å². The van der Waals surface area contributed by atoms with Gasteiger partial charge in [0.05, 0.1) is 15.9 Å². The lowest BCUT2D eigenvalue weighted by Gasteiger charge is -2.09. The average molecular weight is 458 g/mol. The molecule has 0 fully saturated rings. The molecule has 4 aromatic rings. The number of primary sulfonamides is 1. The number of thioether (sulfide) groups is 1. The van der Waals surface area contributed by atoms with E-state index in [4.69, 9.17) is 9.56 Å². The van der Waals surface area contributed by atoms with Crippen molar-refractivity contribution in [2.24, 2.45) is 5.14 Å². The lowest BCUT2D eigenvalue weighted by Crippen LogP contribution is -2.11. The van der Waals surface area contributed by atoms with Gasteiger partial charge in [-0.1, -0.05) is 37.7 Å². The van der Waals surface area contributed by atoms with Gasteiger partial charge in [-0.3, -0.25) is 0 Å². The lowest BCUT2D eigenvalue weighted by atomic mass is 10.1. The van der Waals surface area contributed by atoms with Gasteiger partial charge in [0.25, 0.3) is 0 Å². The van der Waals surface area contributed by atoms with Gasteiger partial charge in [0.2, 0.25) is 10.0 Å². The van der Waals surface area contributed by atoms with E-state index in [-0.39, 0.29) is 10.5 Å². The van der Waals surface area contributed by atoms with Crippen LogP contribution >= 0.6 is 11.8 Å². The van der Waals surface area contributed by atoms with E-state index < -0.39 is 10.0 Å². The summed E-state index contributed by atoms with van der Waals surface area (Å²) in [6, 6.07) is 12.2. The standard InChI is InChI=1S/C22H23N3O4S2/c1-3-9-25-19-8-6-16(31(23,27)28)12-18(19)24-22(25)30-13-15-11-21(26)29-20-10-14(4-2)5-7-17(15)20/h5-8,10-12H,3-4,9,13H2,1-2H3,(H2,23,27,28). The fourth-order valence-electron chi connectivity index (χ4n) is 3.57. The predicted molar refractivity (Wildman–Crippen MR) is 123 cm³/mol. The van der Waals surface area contributed by atoms with Crippen molar-refractivity contribution >= 4 is 43.8 Å². The summed E-state index contributed by atoms with van der Waals surface area (Å²) < 4.78 is 30.9. The highest BCUT2D eigenvalue weighted by Crippen LogP contribution is 2.30. The SMILES string of the molecule is CCCn1c(SCc2cc(=O)oc3cc(CC)ccc23)nc2cc(S(N)(=O)=O)ccc21. The minimum absolute atomic E-state index is 0.0380. The molecule has 0 unspecified atom stereocenters. The van der Waals surface area contributed by atoms with Gasteiger partial charge < -0.3 is 8.98 Å². The van der Waals surface area contributed by atoms with Crippen molar-refractivity contribution in [1.82, 2.24) is 9.55 Å². The number of hydrogen-bond acceptors (Lipinski definition) is 6. The van der Waals surface area contributed by atoms with Crippen LogP contribution in [0.15, 0.2) is 61.7 Å². The van der Waals surface area contributed by atoms with Crippen LogP contribution in [0.5, 0.6) is 0 Å². The van der Waals surface area contributed by atoms with E-state index in [0.29, 0.717) is 16.9 Å². The summed E-state index contributed by atoms with van der Waals surface area (Å²) in [4.78, 5) is 16.8. The number of aromatic nitrogens is 2. The first-order chi connectivity index (χ1) is 14.8. The zero-order valence-electron chi connectivity index (χ0n) is 17.3. The van der Waals surface area contributed by atoms with Crippen LogP contribution in [0.4, 0.5) is 0 Å². The molecule has 0 aliphatic heterocycles. The van der Waals surface area contributed by atoms with Crippen LogP contribution in [0.25, 0.3) is 22.0 Å². The summed E-state index contributed by atoms with van der Waals surface area (Å²) in [5.74, 6) is 0.530. The van der Waals surface area contributed by atoms with E-state index in [1.807, 2.05) is 18.2 Å². The number of rotatable bonds is 7. The average Bonchev–Trinajstić information content (AvgIpc) is 3.07. The van der Waals surface area contributed by atoms with Crippen LogP contribution in [0.3, 0.4) is 0 Å². The number of hydrogen-bond donors (Lipinski definition) is 1. The maximum absolute atomic E-state index is 12.1. The fourth-order valence-corrected chi connectivity index (χ4v) is 5.14. The van der Waals surface area contributed by atoms with Crippen molar-refractivity contribution in [1.29, 1.82) is 0 Å². The van der Waals surface area contributed by atoms with Crippen LogP contribution < -0.4 is 10.8 Å². The zero-order chi connectivity index (χ0) is 22.2. The van der Waals surface area contributed by atoms with Gasteiger partial charge >= 0.3 is 5.63 Å². The summed E-state index contributed by atoms with van der Waals surface area (Å²) in [5, 5.41) is 6.93. The van der Waals surface area contributed by atoms with Crippen LogP contribution in [-0.4, -0.2) is 18.0 Å². The van der Waals surface area contributed by atoms with Crippen LogP contribution in [0.2, 0.25) is 0 Å². The normalized spacial score (nSPS) is 12.1. The monoisotopic (exact) mass is 457 g/mol. The predicted octanol–water partition coefficient (Wildman–Crippen LogP) is 4.05. The number of sulfonamides is 1. The maximum Gasteiger partial charge on any atom is 0.336 e. The molecule has 0 atom stereocenters. The van der Waals surface area contributed by atoms with Crippen LogP contribution in [-0.2, 0) is 28.7 Å². The molecule has 2 aromatic heterocycles. The first-order valence-corrected chi connectivity index (χ1v) is 12.5. The van der Waals surface area contributed by atoms with Gasteiger partial charge in [-0.2, -0.15) is 0 Å². The van der Waals surface area contributed by atoms with Gasteiger partial charge in [0.1, 0.15) is 5.58 Å². The molecule has 0 saturated heterocycles. The molecule has 31 heavy (non-hydrogen) atoms. The Bertz CT molecular complexity index is 1440. The van der Waals surface area contributed by atoms with Gasteiger partial charge in [-0.25, -0.2) is 23.3 Å². The lowest BCUT2D eigenvalue weighted by molar-refractivity contribution is 0.559. The van der Waals surface area contributed by atoms with E-state index in [1.54, 1.807) is 6.07 Å². The van der Waals surface area contributed by atoms with Gasteiger partial charge in [-0.15, -0.1) is 0 Å². The Hall–Kier alpha value is -2.62. The summed E-state index contributed by atoms with van der Waals surface area (Å²) in [6.45, 7) is 4.86. The molecule has 7 nitrogen and oxygen atoms in total. The minimum atomic E-state index is -3.80. The molecule has 0 aliphatic rings. The number of fused-ring (bicyclic) bond motifs is 2. The Balaban J connectivity index is 1.73. The Morgan fingerprint density at radius 2 is 1.94 bits per heavy atom. The molecular formula is C22H23N3O4S2. The highest BCUT2D eigenvalue weighted by atomic mass is 32.2. The molecule has 0 spiro atoms. The Kier molecular flexibility index (Phi) is 5.92. The molecule has 9 heteroatoms. The number of nitrogens with zero attached hydrogens (tertiary/aromatic N) is 2. The summed E-state index contributed by atoms with van der Waals surface area (Å²) in [7, 11) is -3.80. The number of imidazole rings is 1. The third kappa shape index (κ3) is 4.39. The van der Waals surface area contributed by atoms with Crippen molar-refractivity contribution in [3.8, 4) is 0 Å². The Morgan fingerprint density at radius 1 is 1.13 bits per heavy atom. The number of aryl methyl sites for hydroxylation is 2. The molecule has 0 aliphatic carbocycles. The molecule has 0 radical (unpaired) electrons. The minimum Gasteiger partial charge on any atom is -0.423 e. The highest BCUT2D eigenvalue weighted by molar-refractivity contribution is 7.98. The summed E-state index contributed by atoms with van der Waals surface area (Å²) >= 11 is 1.50.